The van der Waals surface area contributed by atoms with Crippen LogP contribution in [0, 0.1) is 0 Å². The Kier molecular flexibility index (Phi) is 2.81. The average molecular weight is 220 g/mol. The molecule has 0 atom stereocenters. The third-order valence-electron chi connectivity index (χ3n) is 3.12. The van der Waals surface area contributed by atoms with Crippen molar-refractivity contribution in [3.8, 4) is 5.75 Å². The van der Waals surface area contributed by atoms with E-state index in [0.29, 0.717) is 0 Å². The van der Waals surface area contributed by atoms with Gasteiger partial charge < -0.3 is 10.4 Å². The summed E-state index contributed by atoms with van der Waals surface area (Å²) in [5.74, 6) is -0.357. The molecule has 1 saturated carbocycles. The molecule has 0 radical (unpaired) electrons. The molecule has 2 rings (SSSR count). The SMILES string of the molecule is CC1(NC(=O)c2ncccc2O)CCCC1. The van der Waals surface area contributed by atoms with E-state index in [4.69, 9.17) is 0 Å². The van der Waals surface area contributed by atoms with Gasteiger partial charge in [-0.25, -0.2) is 4.98 Å². The number of carbonyl (C=O) groups is 1. The topological polar surface area (TPSA) is 62.2 Å². The lowest BCUT2D eigenvalue weighted by Gasteiger charge is -2.25. The Balaban J connectivity index is 2.11. The fraction of sp³-hybridized carbons (Fsp3) is 0.500. The van der Waals surface area contributed by atoms with Gasteiger partial charge in [0.1, 0.15) is 5.75 Å². The molecule has 4 nitrogen and oxygen atoms in total. The molecule has 0 saturated heterocycles. The fourth-order valence-electron chi connectivity index (χ4n) is 2.19. The van der Waals surface area contributed by atoms with Gasteiger partial charge in [-0.1, -0.05) is 12.8 Å². The molecule has 1 aliphatic carbocycles. The molecule has 1 fully saturated rings. The van der Waals surface area contributed by atoms with Gasteiger partial charge in [0, 0.05) is 11.7 Å². The molecule has 0 unspecified atom stereocenters. The van der Waals surface area contributed by atoms with E-state index in [1.54, 1.807) is 6.07 Å². The van der Waals surface area contributed by atoms with E-state index >= 15 is 0 Å². The molecule has 86 valence electrons. The largest absolute Gasteiger partial charge is 0.505 e. The van der Waals surface area contributed by atoms with Crippen molar-refractivity contribution in [3.63, 3.8) is 0 Å². The lowest BCUT2D eigenvalue weighted by atomic mass is 10.0. The van der Waals surface area contributed by atoms with E-state index in [1.165, 1.54) is 12.3 Å². The Labute approximate surface area is 94.7 Å². The van der Waals surface area contributed by atoms with Crippen molar-refractivity contribution in [2.24, 2.45) is 0 Å². The highest BCUT2D eigenvalue weighted by Gasteiger charge is 2.31. The van der Waals surface area contributed by atoms with E-state index in [0.717, 1.165) is 25.7 Å². The second-order valence-electron chi connectivity index (χ2n) is 4.59. The van der Waals surface area contributed by atoms with Gasteiger partial charge >= 0.3 is 0 Å². The Morgan fingerprint density at radius 3 is 2.81 bits per heavy atom. The summed E-state index contributed by atoms with van der Waals surface area (Å²) in [5, 5.41) is 12.5. The summed E-state index contributed by atoms with van der Waals surface area (Å²) in [6.45, 7) is 2.04. The van der Waals surface area contributed by atoms with Crippen LogP contribution in [0.4, 0.5) is 0 Å². The number of aromatic hydroxyl groups is 1. The number of hydrogen-bond donors (Lipinski definition) is 2. The van der Waals surface area contributed by atoms with Crippen LogP contribution in [0.1, 0.15) is 43.1 Å². The summed E-state index contributed by atoms with van der Waals surface area (Å²) >= 11 is 0. The zero-order valence-corrected chi connectivity index (χ0v) is 9.36. The molecule has 1 aromatic heterocycles. The van der Waals surface area contributed by atoms with E-state index in [2.05, 4.69) is 10.3 Å². The number of hydrogen-bond acceptors (Lipinski definition) is 3. The van der Waals surface area contributed by atoms with Crippen LogP contribution in [0.5, 0.6) is 5.75 Å². The van der Waals surface area contributed by atoms with Crippen molar-refractivity contribution in [1.29, 1.82) is 0 Å². The number of carbonyl (C=O) groups excluding carboxylic acids is 1. The lowest BCUT2D eigenvalue weighted by Crippen LogP contribution is -2.43. The molecular weight excluding hydrogens is 204 g/mol. The van der Waals surface area contributed by atoms with Crippen molar-refractivity contribution < 1.29 is 9.90 Å². The smallest absolute Gasteiger partial charge is 0.274 e. The Hall–Kier alpha value is -1.58. The van der Waals surface area contributed by atoms with Gasteiger partial charge in [-0.05, 0) is 31.9 Å². The Morgan fingerprint density at radius 1 is 1.50 bits per heavy atom. The number of nitrogens with zero attached hydrogens (tertiary/aromatic N) is 1. The first-order valence-corrected chi connectivity index (χ1v) is 5.57. The number of amides is 1. The standard InChI is InChI=1S/C12H16N2O2/c1-12(6-2-3-7-12)14-11(16)10-9(15)5-4-8-13-10/h4-5,8,15H,2-3,6-7H2,1H3,(H,14,16). The van der Waals surface area contributed by atoms with Gasteiger partial charge in [0.25, 0.3) is 5.91 Å². The lowest BCUT2D eigenvalue weighted by molar-refractivity contribution is 0.0900. The van der Waals surface area contributed by atoms with Crippen molar-refractivity contribution in [2.45, 2.75) is 38.1 Å². The molecule has 1 heterocycles. The van der Waals surface area contributed by atoms with Crippen LogP contribution >= 0.6 is 0 Å². The summed E-state index contributed by atoms with van der Waals surface area (Å²) < 4.78 is 0. The van der Waals surface area contributed by atoms with Crippen molar-refractivity contribution >= 4 is 5.91 Å². The van der Waals surface area contributed by atoms with Crippen LogP contribution in [0.15, 0.2) is 18.3 Å². The molecule has 1 aromatic rings. The second kappa shape index (κ2) is 4.12. The van der Waals surface area contributed by atoms with E-state index in [1.807, 2.05) is 6.92 Å². The van der Waals surface area contributed by atoms with Gasteiger partial charge in [0.05, 0.1) is 0 Å². The zero-order valence-electron chi connectivity index (χ0n) is 9.36. The number of rotatable bonds is 2. The number of pyridine rings is 1. The molecule has 16 heavy (non-hydrogen) atoms. The minimum atomic E-state index is -0.289. The first-order chi connectivity index (χ1) is 7.61. The quantitative estimate of drug-likeness (QED) is 0.799. The third-order valence-corrected chi connectivity index (χ3v) is 3.12. The normalized spacial score (nSPS) is 18.3. The van der Waals surface area contributed by atoms with Gasteiger partial charge in [-0.15, -0.1) is 0 Å². The molecule has 4 heteroatoms. The number of aromatic nitrogens is 1. The predicted molar refractivity (Wildman–Crippen MR) is 60.2 cm³/mol. The maximum absolute atomic E-state index is 11.9. The minimum Gasteiger partial charge on any atom is -0.505 e. The van der Waals surface area contributed by atoms with Gasteiger partial charge in [0.2, 0.25) is 0 Å². The molecule has 1 amide bonds. The monoisotopic (exact) mass is 220 g/mol. The van der Waals surface area contributed by atoms with Crippen LogP contribution < -0.4 is 5.32 Å². The maximum atomic E-state index is 11.9. The molecular formula is C12H16N2O2. The van der Waals surface area contributed by atoms with Gasteiger partial charge in [-0.3, -0.25) is 4.79 Å². The summed E-state index contributed by atoms with van der Waals surface area (Å²) in [4.78, 5) is 15.8. The van der Waals surface area contributed by atoms with Crippen LogP contribution in [-0.4, -0.2) is 21.5 Å². The van der Waals surface area contributed by atoms with E-state index in [-0.39, 0.29) is 22.9 Å². The molecule has 1 aliphatic rings. The summed E-state index contributed by atoms with van der Waals surface area (Å²) in [6, 6.07) is 3.07. The minimum absolute atomic E-state index is 0.0680. The third kappa shape index (κ3) is 2.15. The molecule has 2 N–H and O–H groups in total. The molecule has 0 spiro atoms. The highest BCUT2D eigenvalue weighted by atomic mass is 16.3. The van der Waals surface area contributed by atoms with Crippen LogP contribution in [0.2, 0.25) is 0 Å². The maximum Gasteiger partial charge on any atom is 0.274 e. The second-order valence-corrected chi connectivity index (χ2v) is 4.59. The van der Waals surface area contributed by atoms with Crippen LogP contribution in [0.25, 0.3) is 0 Å². The van der Waals surface area contributed by atoms with E-state index < -0.39 is 0 Å². The predicted octanol–water partition coefficient (Wildman–Crippen LogP) is 1.85. The van der Waals surface area contributed by atoms with Gasteiger partial charge in [0.15, 0.2) is 5.69 Å². The fourth-order valence-corrected chi connectivity index (χ4v) is 2.19. The first kappa shape index (κ1) is 10.9. The van der Waals surface area contributed by atoms with Gasteiger partial charge in [-0.2, -0.15) is 0 Å². The van der Waals surface area contributed by atoms with Crippen molar-refractivity contribution in [3.05, 3.63) is 24.0 Å². The highest BCUT2D eigenvalue weighted by molar-refractivity contribution is 5.95. The van der Waals surface area contributed by atoms with E-state index in [9.17, 15) is 9.90 Å². The Bertz CT molecular complexity index is 398. The summed E-state index contributed by atoms with van der Waals surface area (Å²) in [6.07, 6.45) is 5.78. The Morgan fingerprint density at radius 2 is 2.19 bits per heavy atom. The zero-order chi connectivity index (χ0) is 11.6. The van der Waals surface area contributed by atoms with Crippen molar-refractivity contribution in [1.82, 2.24) is 10.3 Å². The summed E-state index contributed by atoms with van der Waals surface area (Å²) in [7, 11) is 0. The first-order valence-electron chi connectivity index (χ1n) is 5.57. The molecule has 0 bridgehead atoms. The highest BCUT2D eigenvalue weighted by Crippen LogP contribution is 2.29. The molecule has 0 aromatic carbocycles. The van der Waals surface area contributed by atoms with Crippen LogP contribution in [0.3, 0.4) is 0 Å². The van der Waals surface area contributed by atoms with Crippen LogP contribution in [-0.2, 0) is 0 Å². The summed E-state index contributed by atoms with van der Waals surface area (Å²) in [5.41, 5.74) is -0.0308. The number of nitrogens with one attached hydrogen (secondary N) is 1. The van der Waals surface area contributed by atoms with Crippen molar-refractivity contribution in [2.75, 3.05) is 0 Å². The molecule has 0 aliphatic heterocycles. The average Bonchev–Trinajstić information content (AvgIpc) is 2.65.